The van der Waals surface area contributed by atoms with Gasteiger partial charge in [-0.1, -0.05) is 30.3 Å². The van der Waals surface area contributed by atoms with Crippen molar-refractivity contribution in [2.75, 3.05) is 24.3 Å². The molecule has 6 atom stereocenters. The van der Waals surface area contributed by atoms with Gasteiger partial charge in [-0.3, -0.25) is 28.2 Å². The fourth-order valence-corrected chi connectivity index (χ4v) is 7.17. The van der Waals surface area contributed by atoms with Crippen LogP contribution in [0.25, 0.3) is 22.3 Å². The number of anilines is 2. The number of imidazole rings is 1. The van der Waals surface area contributed by atoms with Crippen molar-refractivity contribution in [3.63, 3.8) is 0 Å². The lowest BCUT2D eigenvalue weighted by Crippen LogP contribution is -2.33. The van der Waals surface area contributed by atoms with E-state index in [1.54, 1.807) is 12.1 Å². The highest BCUT2D eigenvalue weighted by Crippen LogP contribution is 2.60. The molecule has 1 aliphatic heterocycles. The maximum Gasteiger partial charge on any atom is 0.481 e. The zero-order valence-corrected chi connectivity index (χ0v) is 24.7. The molecule has 1 saturated heterocycles. The molecule has 18 nitrogen and oxygen atoms in total. The normalized spacial score (nSPS) is 23.3. The predicted molar refractivity (Wildman–Crippen MR) is 154 cm³/mol. The first-order valence-electron chi connectivity index (χ1n) is 13.2. The van der Waals surface area contributed by atoms with Crippen LogP contribution in [-0.2, 0) is 38.4 Å². The number of aromatic nitrogens is 4. The number of rotatable bonds is 10. The van der Waals surface area contributed by atoms with E-state index in [0.717, 1.165) is 33.1 Å². The molecule has 2 aromatic heterocycles. The number of aliphatic hydroxyl groups excluding tert-OH is 2. The number of phosphoric acid groups is 2. The second kappa shape index (κ2) is 11.9. The van der Waals surface area contributed by atoms with Crippen molar-refractivity contribution in [2.24, 2.45) is 0 Å². The minimum Gasteiger partial charge on any atom is -0.387 e. The number of amides is 1. The number of H-pyrrole nitrogens is 1. The highest BCUT2D eigenvalue weighted by molar-refractivity contribution is 7.61. The van der Waals surface area contributed by atoms with Crippen molar-refractivity contribution in [1.82, 2.24) is 19.5 Å². The molecule has 0 bridgehead atoms. The Morgan fingerprint density at radius 3 is 2.62 bits per heavy atom. The van der Waals surface area contributed by atoms with Gasteiger partial charge in [0.25, 0.3) is 11.5 Å². The smallest absolute Gasteiger partial charge is 0.387 e. The molecule has 45 heavy (non-hydrogen) atoms. The Labute approximate surface area is 252 Å². The summed E-state index contributed by atoms with van der Waals surface area (Å²) in [5.74, 6) is -1.09. The standard InChI is InChI=1S/C25H26N6O12P2/c26-25-29-22-19(23(35)30-25)27-11-31(22)24-21(34)20(33)17(42-24)9-40-44(36,37)43-45(38,39)41-10-18(32)28-14-5-6-16-13(8-14)7-12-3-1-2-4-15(12)16/h1-6,8,11,17,20-21,24,33-34H,7,9-10H2,(H,28,32)(H,36,37)(H,38,39)(H3,26,29,30,35)/t17-,20-,21-,24-/m1/s1. The average Bonchev–Trinajstić information content (AvgIpc) is 3.64. The Morgan fingerprint density at radius 2 is 1.82 bits per heavy atom. The number of hydrogen-bond acceptors (Lipinski definition) is 13. The van der Waals surface area contributed by atoms with Crippen LogP contribution in [0.4, 0.5) is 11.6 Å². The molecule has 0 saturated carbocycles. The summed E-state index contributed by atoms with van der Waals surface area (Å²) in [7, 11) is -10.7. The molecule has 2 aromatic carbocycles. The summed E-state index contributed by atoms with van der Waals surface area (Å²) in [5, 5.41) is 23.4. The summed E-state index contributed by atoms with van der Waals surface area (Å²) in [6.07, 6.45) is -4.40. The highest BCUT2D eigenvalue weighted by Gasteiger charge is 2.46. The molecule has 2 unspecified atom stereocenters. The molecular weight excluding hydrogens is 638 g/mol. The maximum absolute atomic E-state index is 12.4. The Bertz CT molecular complexity index is 1950. The number of nitrogens with one attached hydrogen (secondary N) is 2. The minimum absolute atomic E-state index is 0.0746. The van der Waals surface area contributed by atoms with Crippen LogP contribution in [0.1, 0.15) is 17.4 Å². The van der Waals surface area contributed by atoms with Gasteiger partial charge in [-0.05, 0) is 40.8 Å². The van der Waals surface area contributed by atoms with Crippen molar-refractivity contribution in [3.05, 3.63) is 70.3 Å². The number of aromatic amines is 1. The Balaban J connectivity index is 1.01. The molecular formula is C25H26N6O12P2. The zero-order chi connectivity index (χ0) is 32.1. The Hall–Kier alpha value is -3.80. The summed E-state index contributed by atoms with van der Waals surface area (Å²) in [5.41, 5.74) is 9.35. The predicted octanol–water partition coefficient (Wildman–Crippen LogP) is 0.781. The SMILES string of the molecule is Nc1nc2c(ncn2[C@@H]2O[C@H](COP(=O)(O)OP(=O)(O)OCC(=O)Nc3ccc4c(c3)Cc3ccccc3-4)[C@@H](O)[C@H]2O)c(=O)[nH]1. The van der Waals surface area contributed by atoms with Crippen molar-refractivity contribution in [1.29, 1.82) is 0 Å². The second-order valence-electron chi connectivity index (χ2n) is 10.2. The van der Waals surface area contributed by atoms with E-state index < -0.39 is 64.9 Å². The van der Waals surface area contributed by atoms with Gasteiger partial charge in [-0.2, -0.15) is 9.29 Å². The highest BCUT2D eigenvalue weighted by atomic mass is 31.3. The van der Waals surface area contributed by atoms with Gasteiger partial charge in [-0.15, -0.1) is 0 Å². The number of carbonyl (C=O) groups excluding carboxylic acids is 1. The van der Waals surface area contributed by atoms with Gasteiger partial charge in [0.15, 0.2) is 17.4 Å². The molecule has 6 rings (SSSR count). The van der Waals surface area contributed by atoms with E-state index in [0.29, 0.717) is 12.1 Å². The fourth-order valence-electron chi connectivity index (χ4n) is 5.13. The number of nitrogens with zero attached hydrogens (tertiary/aromatic N) is 3. The van der Waals surface area contributed by atoms with Crippen LogP contribution in [0, 0.1) is 0 Å². The fraction of sp³-hybridized carbons (Fsp3) is 0.280. The van der Waals surface area contributed by atoms with Crippen molar-refractivity contribution in [3.8, 4) is 11.1 Å². The van der Waals surface area contributed by atoms with E-state index in [2.05, 4.69) is 29.1 Å². The quantitative estimate of drug-likeness (QED) is 0.102. The van der Waals surface area contributed by atoms with Crippen LogP contribution in [-0.4, -0.2) is 77.0 Å². The van der Waals surface area contributed by atoms with E-state index >= 15 is 0 Å². The molecule has 8 N–H and O–H groups in total. The third-order valence-electron chi connectivity index (χ3n) is 7.11. The molecule has 238 valence electrons. The maximum atomic E-state index is 12.4. The molecule has 20 heteroatoms. The molecule has 3 heterocycles. The van der Waals surface area contributed by atoms with E-state index in [9.17, 15) is 38.7 Å². The second-order valence-corrected chi connectivity index (χ2v) is 13.2. The van der Waals surface area contributed by atoms with Gasteiger partial charge >= 0.3 is 15.6 Å². The number of ether oxygens (including phenoxy) is 1. The van der Waals surface area contributed by atoms with Crippen LogP contribution in [0.2, 0.25) is 0 Å². The minimum atomic E-state index is -5.35. The number of phosphoric ester groups is 2. The third kappa shape index (κ3) is 6.47. The van der Waals surface area contributed by atoms with E-state index in [-0.39, 0.29) is 17.1 Å². The molecule has 0 spiro atoms. The van der Waals surface area contributed by atoms with Crippen LogP contribution in [0.15, 0.2) is 53.6 Å². The largest absolute Gasteiger partial charge is 0.481 e. The van der Waals surface area contributed by atoms with E-state index in [1.165, 1.54) is 0 Å². The molecule has 2 aliphatic rings. The molecule has 1 fully saturated rings. The lowest BCUT2D eigenvalue weighted by atomic mass is 10.1. The molecule has 1 aliphatic carbocycles. The zero-order valence-electron chi connectivity index (χ0n) is 22.9. The van der Waals surface area contributed by atoms with Crippen LogP contribution < -0.4 is 16.6 Å². The lowest BCUT2D eigenvalue weighted by Gasteiger charge is -2.19. The number of hydrogen-bond donors (Lipinski definition) is 7. The summed E-state index contributed by atoms with van der Waals surface area (Å²) < 4.78 is 44.9. The van der Waals surface area contributed by atoms with Gasteiger partial charge in [0.1, 0.15) is 24.9 Å². The summed E-state index contributed by atoms with van der Waals surface area (Å²) >= 11 is 0. The van der Waals surface area contributed by atoms with Crippen molar-refractivity contribution >= 4 is 44.4 Å². The summed E-state index contributed by atoms with van der Waals surface area (Å²) in [4.78, 5) is 54.4. The van der Waals surface area contributed by atoms with E-state index in [4.69, 9.17) is 15.0 Å². The van der Waals surface area contributed by atoms with Crippen molar-refractivity contribution in [2.45, 2.75) is 31.0 Å². The Morgan fingerprint density at radius 1 is 1.09 bits per heavy atom. The van der Waals surface area contributed by atoms with Gasteiger partial charge in [0.05, 0.1) is 12.9 Å². The first-order valence-corrected chi connectivity index (χ1v) is 16.2. The van der Waals surface area contributed by atoms with Crippen molar-refractivity contribution < 1.29 is 52.0 Å². The van der Waals surface area contributed by atoms with Crippen LogP contribution in [0.5, 0.6) is 0 Å². The molecule has 0 radical (unpaired) electrons. The average molecular weight is 664 g/mol. The first-order chi connectivity index (χ1) is 21.3. The number of nitrogen functional groups attached to an aromatic ring is 1. The molecule has 1 amide bonds. The van der Waals surface area contributed by atoms with Gasteiger partial charge in [0.2, 0.25) is 5.95 Å². The number of carbonyl (C=O) groups is 1. The summed E-state index contributed by atoms with van der Waals surface area (Å²) in [6, 6.07) is 13.1. The number of aliphatic hydroxyl groups is 2. The lowest BCUT2D eigenvalue weighted by molar-refractivity contribution is -0.118. The van der Waals surface area contributed by atoms with Crippen LogP contribution in [0.3, 0.4) is 0 Å². The van der Waals surface area contributed by atoms with E-state index in [1.807, 2.05) is 30.3 Å². The number of fused-ring (bicyclic) bond motifs is 4. The topological polar surface area (TPSA) is 271 Å². The number of benzene rings is 2. The molecule has 4 aromatic rings. The third-order valence-corrected chi connectivity index (χ3v) is 9.69. The van der Waals surface area contributed by atoms with Gasteiger partial charge in [0, 0.05) is 5.69 Å². The number of nitrogens with two attached hydrogens (primary N) is 1. The monoisotopic (exact) mass is 664 g/mol. The van der Waals surface area contributed by atoms with Gasteiger partial charge < -0.3 is 35.8 Å². The summed E-state index contributed by atoms with van der Waals surface area (Å²) in [6.45, 7) is -1.92. The Kier molecular flexibility index (Phi) is 8.21. The van der Waals surface area contributed by atoms with Gasteiger partial charge in [-0.25, -0.2) is 14.1 Å². The van der Waals surface area contributed by atoms with Crippen LogP contribution >= 0.6 is 15.6 Å². The first kappa shape index (κ1) is 31.2.